The SMILES string of the molecule is C=C(C)COc1ccccc1NC(=O)CC1CCCC1. The molecule has 0 unspecified atom stereocenters. The molecule has 1 fully saturated rings. The van der Waals surface area contributed by atoms with Crippen molar-refractivity contribution in [2.24, 2.45) is 5.92 Å². The van der Waals surface area contributed by atoms with Crippen LogP contribution in [-0.4, -0.2) is 12.5 Å². The van der Waals surface area contributed by atoms with E-state index >= 15 is 0 Å². The number of ether oxygens (including phenoxy) is 1. The van der Waals surface area contributed by atoms with E-state index < -0.39 is 0 Å². The molecule has 3 heteroatoms. The summed E-state index contributed by atoms with van der Waals surface area (Å²) in [5.41, 5.74) is 1.70. The van der Waals surface area contributed by atoms with Crippen LogP contribution in [0.2, 0.25) is 0 Å². The number of hydrogen-bond acceptors (Lipinski definition) is 2. The Morgan fingerprint density at radius 2 is 2.05 bits per heavy atom. The molecule has 20 heavy (non-hydrogen) atoms. The van der Waals surface area contributed by atoms with Crippen molar-refractivity contribution in [1.29, 1.82) is 0 Å². The largest absolute Gasteiger partial charge is 0.487 e. The second-order valence-electron chi connectivity index (χ2n) is 5.64. The molecule has 0 spiro atoms. The van der Waals surface area contributed by atoms with Gasteiger partial charge < -0.3 is 10.1 Å². The van der Waals surface area contributed by atoms with Gasteiger partial charge in [0, 0.05) is 6.42 Å². The molecule has 0 saturated heterocycles. The summed E-state index contributed by atoms with van der Waals surface area (Å²) in [4.78, 5) is 12.1. The first-order valence-electron chi connectivity index (χ1n) is 7.31. The highest BCUT2D eigenvalue weighted by Gasteiger charge is 2.19. The molecule has 1 aliphatic carbocycles. The molecule has 1 amide bonds. The lowest BCUT2D eigenvalue weighted by Crippen LogP contribution is -2.16. The Bertz CT molecular complexity index is 476. The molecule has 0 aromatic heterocycles. The molecule has 108 valence electrons. The Morgan fingerprint density at radius 1 is 1.35 bits per heavy atom. The molecular weight excluding hydrogens is 250 g/mol. The van der Waals surface area contributed by atoms with Crippen LogP contribution in [0.5, 0.6) is 5.75 Å². The van der Waals surface area contributed by atoms with Crippen molar-refractivity contribution in [1.82, 2.24) is 0 Å². The maximum absolute atomic E-state index is 12.1. The Kier molecular flexibility index (Phi) is 5.22. The number of hydrogen-bond donors (Lipinski definition) is 1. The van der Waals surface area contributed by atoms with E-state index in [-0.39, 0.29) is 5.91 Å². The van der Waals surface area contributed by atoms with Gasteiger partial charge in [-0.05, 0) is 43.4 Å². The second-order valence-corrected chi connectivity index (χ2v) is 5.64. The van der Waals surface area contributed by atoms with Crippen LogP contribution in [-0.2, 0) is 4.79 Å². The fraction of sp³-hybridized carbons (Fsp3) is 0.471. The number of para-hydroxylation sites is 2. The molecule has 2 rings (SSSR count). The topological polar surface area (TPSA) is 38.3 Å². The zero-order chi connectivity index (χ0) is 14.4. The van der Waals surface area contributed by atoms with Crippen molar-refractivity contribution in [2.45, 2.75) is 39.0 Å². The number of carbonyl (C=O) groups excluding carboxylic acids is 1. The van der Waals surface area contributed by atoms with Crippen LogP contribution in [0.25, 0.3) is 0 Å². The van der Waals surface area contributed by atoms with Gasteiger partial charge in [-0.1, -0.05) is 31.6 Å². The lowest BCUT2D eigenvalue weighted by atomic mass is 10.0. The van der Waals surface area contributed by atoms with Gasteiger partial charge in [0.25, 0.3) is 0 Å². The molecule has 1 saturated carbocycles. The third-order valence-corrected chi connectivity index (χ3v) is 3.58. The maximum Gasteiger partial charge on any atom is 0.224 e. The third kappa shape index (κ3) is 4.41. The van der Waals surface area contributed by atoms with Crippen molar-refractivity contribution >= 4 is 11.6 Å². The van der Waals surface area contributed by atoms with Gasteiger partial charge in [-0.15, -0.1) is 0 Å². The van der Waals surface area contributed by atoms with E-state index in [1.165, 1.54) is 25.7 Å². The summed E-state index contributed by atoms with van der Waals surface area (Å²) < 4.78 is 5.66. The summed E-state index contributed by atoms with van der Waals surface area (Å²) >= 11 is 0. The standard InChI is InChI=1S/C17H23NO2/c1-13(2)12-20-16-10-6-5-9-15(16)18-17(19)11-14-7-3-4-8-14/h5-6,9-10,14H,1,3-4,7-8,11-12H2,2H3,(H,18,19). The normalized spacial score (nSPS) is 15.1. The first-order valence-corrected chi connectivity index (χ1v) is 7.31. The molecule has 1 N–H and O–H groups in total. The Morgan fingerprint density at radius 3 is 2.75 bits per heavy atom. The minimum Gasteiger partial charge on any atom is -0.487 e. The molecule has 0 atom stereocenters. The van der Waals surface area contributed by atoms with Crippen LogP contribution in [0, 0.1) is 5.92 Å². The highest BCUT2D eigenvalue weighted by molar-refractivity contribution is 5.92. The smallest absolute Gasteiger partial charge is 0.224 e. The number of carbonyl (C=O) groups is 1. The summed E-state index contributed by atoms with van der Waals surface area (Å²) in [6.07, 6.45) is 5.50. The number of anilines is 1. The zero-order valence-corrected chi connectivity index (χ0v) is 12.2. The van der Waals surface area contributed by atoms with Gasteiger partial charge in [-0.3, -0.25) is 4.79 Å². The predicted molar refractivity (Wildman–Crippen MR) is 82.0 cm³/mol. The molecule has 1 aliphatic rings. The van der Waals surface area contributed by atoms with Crippen molar-refractivity contribution in [2.75, 3.05) is 11.9 Å². The minimum absolute atomic E-state index is 0.0864. The lowest BCUT2D eigenvalue weighted by molar-refractivity contribution is -0.117. The number of rotatable bonds is 6. The molecule has 0 heterocycles. The summed E-state index contributed by atoms with van der Waals surface area (Å²) in [5.74, 6) is 1.34. The summed E-state index contributed by atoms with van der Waals surface area (Å²) in [6, 6.07) is 7.55. The van der Waals surface area contributed by atoms with Crippen LogP contribution in [0.3, 0.4) is 0 Å². The average Bonchev–Trinajstić information content (AvgIpc) is 2.90. The second kappa shape index (κ2) is 7.13. The fourth-order valence-electron chi connectivity index (χ4n) is 2.57. The van der Waals surface area contributed by atoms with Crippen molar-refractivity contribution in [3.8, 4) is 5.75 Å². The minimum atomic E-state index is 0.0864. The molecule has 0 radical (unpaired) electrons. The molecule has 1 aromatic rings. The van der Waals surface area contributed by atoms with Gasteiger partial charge in [0.05, 0.1) is 5.69 Å². The quantitative estimate of drug-likeness (QED) is 0.790. The van der Waals surface area contributed by atoms with Crippen molar-refractivity contribution in [3.05, 3.63) is 36.4 Å². The predicted octanol–water partition coefficient (Wildman–Crippen LogP) is 4.16. The van der Waals surface area contributed by atoms with Gasteiger partial charge in [-0.2, -0.15) is 0 Å². The van der Waals surface area contributed by atoms with Gasteiger partial charge in [0.15, 0.2) is 0 Å². The van der Waals surface area contributed by atoms with E-state index in [2.05, 4.69) is 11.9 Å². The molecule has 0 aliphatic heterocycles. The fourth-order valence-corrected chi connectivity index (χ4v) is 2.57. The van der Waals surface area contributed by atoms with E-state index in [1.54, 1.807) is 0 Å². The van der Waals surface area contributed by atoms with Crippen LogP contribution in [0.1, 0.15) is 39.0 Å². The third-order valence-electron chi connectivity index (χ3n) is 3.58. The first kappa shape index (κ1) is 14.6. The van der Waals surface area contributed by atoms with Crippen LogP contribution in [0.15, 0.2) is 36.4 Å². The van der Waals surface area contributed by atoms with Gasteiger partial charge in [0.1, 0.15) is 12.4 Å². The van der Waals surface area contributed by atoms with E-state index in [9.17, 15) is 4.79 Å². The molecular formula is C17H23NO2. The number of amides is 1. The zero-order valence-electron chi connectivity index (χ0n) is 12.2. The lowest BCUT2D eigenvalue weighted by Gasteiger charge is -2.14. The van der Waals surface area contributed by atoms with Gasteiger partial charge in [-0.25, -0.2) is 0 Å². The average molecular weight is 273 g/mol. The molecule has 1 aromatic carbocycles. The van der Waals surface area contributed by atoms with Crippen molar-refractivity contribution < 1.29 is 9.53 Å². The molecule has 0 bridgehead atoms. The highest BCUT2D eigenvalue weighted by Crippen LogP contribution is 2.29. The number of nitrogens with one attached hydrogen (secondary N) is 1. The van der Waals surface area contributed by atoms with E-state index in [1.807, 2.05) is 31.2 Å². The van der Waals surface area contributed by atoms with Crippen LogP contribution >= 0.6 is 0 Å². The summed E-state index contributed by atoms with van der Waals surface area (Å²) in [7, 11) is 0. The van der Waals surface area contributed by atoms with Gasteiger partial charge >= 0.3 is 0 Å². The Balaban J connectivity index is 1.93. The van der Waals surface area contributed by atoms with E-state index in [0.717, 1.165) is 11.3 Å². The monoisotopic (exact) mass is 273 g/mol. The number of benzene rings is 1. The molecule has 3 nitrogen and oxygen atoms in total. The Labute approximate surface area is 121 Å². The Hall–Kier alpha value is -1.77. The summed E-state index contributed by atoms with van der Waals surface area (Å²) in [6.45, 7) is 6.20. The van der Waals surface area contributed by atoms with E-state index in [4.69, 9.17) is 4.74 Å². The van der Waals surface area contributed by atoms with Crippen LogP contribution < -0.4 is 10.1 Å². The van der Waals surface area contributed by atoms with Gasteiger partial charge in [0.2, 0.25) is 5.91 Å². The maximum atomic E-state index is 12.1. The van der Waals surface area contributed by atoms with E-state index in [0.29, 0.717) is 24.7 Å². The first-order chi connectivity index (χ1) is 9.65. The highest BCUT2D eigenvalue weighted by atomic mass is 16.5. The van der Waals surface area contributed by atoms with Crippen molar-refractivity contribution in [3.63, 3.8) is 0 Å². The summed E-state index contributed by atoms with van der Waals surface area (Å²) in [5, 5.41) is 2.97. The van der Waals surface area contributed by atoms with Crippen LogP contribution in [0.4, 0.5) is 5.69 Å².